The molecular formula is C19H26N2. The lowest BCUT2D eigenvalue weighted by atomic mass is 9.93. The highest BCUT2D eigenvalue weighted by atomic mass is 14.9. The van der Waals surface area contributed by atoms with Gasteiger partial charge in [0.15, 0.2) is 0 Å². The van der Waals surface area contributed by atoms with E-state index in [1.807, 2.05) is 0 Å². The van der Waals surface area contributed by atoms with Crippen LogP contribution in [0.3, 0.4) is 0 Å². The van der Waals surface area contributed by atoms with Gasteiger partial charge in [0.2, 0.25) is 0 Å². The third-order valence-corrected chi connectivity index (χ3v) is 3.86. The first-order chi connectivity index (χ1) is 10.2. The third-order valence-electron chi connectivity index (χ3n) is 3.86. The molecule has 2 aromatic carbocycles. The Morgan fingerprint density at radius 1 is 1.00 bits per heavy atom. The first-order valence-corrected chi connectivity index (χ1v) is 7.78. The number of nitrogens with one attached hydrogen (secondary N) is 1. The van der Waals surface area contributed by atoms with Gasteiger partial charge in [0.25, 0.3) is 0 Å². The zero-order chi connectivity index (χ0) is 15.1. The van der Waals surface area contributed by atoms with Gasteiger partial charge in [-0.2, -0.15) is 0 Å². The van der Waals surface area contributed by atoms with Crippen molar-refractivity contribution in [2.75, 3.05) is 13.1 Å². The van der Waals surface area contributed by atoms with Crippen LogP contribution >= 0.6 is 0 Å². The maximum absolute atomic E-state index is 5.58. The minimum absolute atomic E-state index is 0.254. The van der Waals surface area contributed by atoms with Gasteiger partial charge in [0, 0.05) is 0 Å². The molecule has 0 heterocycles. The summed E-state index contributed by atoms with van der Waals surface area (Å²) < 4.78 is 0. The van der Waals surface area contributed by atoms with Crippen molar-refractivity contribution in [3.8, 4) is 0 Å². The molecule has 0 bridgehead atoms. The highest BCUT2D eigenvalue weighted by Gasteiger charge is 2.15. The molecule has 0 aromatic heterocycles. The molecule has 0 aliphatic heterocycles. The van der Waals surface area contributed by atoms with E-state index in [4.69, 9.17) is 5.73 Å². The molecule has 3 N–H and O–H groups in total. The first-order valence-electron chi connectivity index (χ1n) is 7.78. The molecule has 0 spiro atoms. The molecule has 21 heavy (non-hydrogen) atoms. The molecule has 2 heteroatoms. The van der Waals surface area contributed by atoms with Crippen LogP contribution in [0, 0.1) is 13.8 Å². The predicted octanol–water partition coefficient (Wildman–Crippen LogP) is 3.72. The summed E-state index contributed by atoms with van der Waals surface area (Å²) in [6, 6.07) is 17.6. The van der Waals surface area contributed by atoms with Crippen LogP contribution in [0.2, 0.25) is 0 Å². The second-order valence-electron chi connectivity index (χ2n) is 5.65. The standard InChI is InChI=1S/C19H26N2/c1-15-10-11-16(2)18(14-15)19(21-13-7-6-12-20)17-8-4-3-5-9-17/h3-5,8-11,14,19,21H,6-7,12-13,20H2,1-2H3. The molecule has 2 nitrogen and oxygen atoms in total. The minimum atomic E-state index is 0.254. The van der Waals surface area contributed by atoms with Crippen LogP contribution in [0.15, 0.2) is 48.5 Å². The fraction of sp³-hybridized carbons (Fsp3) is 0.368. The first kappa shape index (κ1) is 15.7. The molecule has 0 amide bonds. The van der Waals surface area contributed by atoms with Gasteiger partial charge < -0.3 is 11.1 Å². The Balaban J connectivity index is 2.25. The Hall–Kier alpha value is -1.64. The molecule has 0 aliphatic carbocycles. The summed E-state index contributed by atoms with van der Waals surface area (Å²) in [7, 11) is 0. The van der Waals surface area contributed by atoms with Gasteiger partial charge in [0.05, 0.1) is 6.04 Å². The van der Waals surface area contributed by atoms with Crippen molar-refractivity contribution in [3.05, 3.63) is 70.8 Å². The van der Waals surface area contributed by atoms with Crippen LogP contribution in [0.25, 0.3) is 0 Å². The summed E-state index contributed by atoms with van der Waals surface area (Å²) in [6.07, 6.45) is 2.19. The number of rotatable bonds is 7. The van der Waals surface area contributed by atoms with Crippen molar-refractivity contribution in [1.29, 1.82) is 0 Å². The smallest absolute Gasteiger partial charge is 0.0579 e. The lowest BCUT2D eigenvalue weighted by Crippen LogP contribution is -2.24. The van der Waals surface area contributed by atoms with E-state index in [0.717, 1.165) is 25.9 Å². The van der Waals surface area contributed by atoms with Crippen molar-refractivity contribution in [1.82, 2.24) is 5.32 Å². The average molecular weight is 282 g/mol. The van der Waals surface area contributed by atoms with E-state index in [1.165, 1.54) is 22.3 Å². The number of unbranched alkanes of at least 4 members (excludes halogenated alkanes) is 1. The van der Waals surface area contributed by atoms with E-state index < -0.39 is 0 Å². The predicted molar refractivity (Wildman–Crippen MR) is 90.5 cm³/mol. The van der Waals surface area contributed by atoms with E-state index in [9.17, 15) is 0 Å². The molecule has 0 saturated carbocycles. The van der Waals surface area contributed by atoms with Gasteiger partial charge in [-0.3, -0.25) is 0 Å². The van der Waals surface area contributed by atoms with Crippen molar-refractivity contribution >= 4 is 0 Å². The van der Waals surface area contributed by atoms with E-state index in [0.29, 0.717) is 0 Å². The topological polar surface area (TPSA) is 38.0 Å². The number of hydrogen-bond donors (Lipinski definition) is 2. The van der Waals surface area contributed by atoms with Gasteiger partial charge in [-0.25, -0.2) is 0 Å². The highest BCUT2D eigenvalue weighted by molar-refractivity contribution is 5.39. The van der Waals surface area contributed by atoms with E-state index in [2.05, 4.69) is 67.7 Å². The van der Waals surface area contributed by atoms with Crippen molar-refractivity contribution in [2.24, 2.45) is 5.73 Å². The molecule has 1 atom stereocenters. The summed E-state index contributed by atoms with van der Waals surface area (Å²) in [4.78, 5) is 0. The third kappa shape index (κ3) is 4.42. The Labute approximate surface area is 128 Å². The lowest BCUT2D eigenvalue weighted by molar-refractivity contribution is 0.569. The summed E-state index contributed by atoms with van der Waals surface area (Å²) in [5.41, 5.74) is 10.9. The SMILES string of the molecule is Cc1ccc(C)c(C(NCCCCN)c2ccccc2)c1. The van der Waals surface area contributed by atoms with Crippen molar-refractivity contribution in [2.45, 2.75) is 32.7 Å². The van der Waals surface area contributed by atoms with E-state index in [1.54, 1.807) is 0 Å². The highest BCUT2D eigenvalue weighted by Crippen LogP contribution is 2.25. The zero-order valence-electron chi connectivity index (χ0n) is 13.1. The van der Waals surface area contributed by atoms with Gasteiger partial charge in [-0.05, 0) is 56.5 Å². The van der Waals surface area contributed by atoms with Crippen LogP contribution < -0.4 is 11.1 Å². The van der Waals surface area contributed by atoms with Gasteiger partial charge in [0.1, 0.15) is 0 Å². The normalized spacial score (nSPS) is 12.3. The molecule has 112 valence electrons. The van der Waals surface area contributed by atoms with Gasteiger partial charge >= 0.3 is 0 Å². The van der Waals surface area contributed by atoms with Crippen molar-refractivity contribution < 1.29 is 0 Å². The summed E-state index contributed by atoms with van der Waals surface area (Å²) >= 11 is 0. The number of nitrogens with two attached hydrogens (primary N) is 1. The molecule has 0 aliphatic rings. The average Bonchev–Trinajstić information content (AvgIpc) is 2.51. The number of hydrogen-bond acceptors (Lipinski definition) is 2. The summed E-state index contributed by atoms with van der Waals surface area (Å²) in [5.74, 6) is 0. The Kier molecular flexibility index (Phi) is 5.97. The largest absolute Gasteiger partial charge is 0.330 e. The monoisotopic (exact) mass is 282 g/mol. The molecule has 2 rings (SSSR count). The van der Waals surface area contributed by atoms with Crippen LogP contribution in [-0.2, 0) is 0 Å². The molecule has 0 fully saturated rings. The van der Waals surface area contributed by atoms with Crippen LogP contribution in [0.1, 0.15) is 41.1 Å². The van der Waals surface area contributed by atoms with Crippen LogP contribution in [0.4, 0.5) is 0 Å². The Morgan fingerprint density at radius 2 is 1.76 bits per heavy atom. The molecule has 1 unspecified atom stereocenters. The van der Waals surface area contributed by atoms with Crippen molar-refractivity contribution in [3.63, 3.8) is 0 Å². The zero-order valence-corrected chi connectivity index (χ0v) is 13.1. The summed E-state index contributed by atoms with van der Waals surface area (Å²) in [6.45, 7) is 6.09. The maximum atomic E-state index is 5.58. The minimum Gasteiger partial charge on any atom is -0.330 e. The van der Waals surface area contributed by atoms with E-state index >= 15 is 0 Å². The van der Waals surface area contributed by atoms with Gasteiger partial charge in [-0.15, -0.1) is 0 Å². The Morgan fingerprint density at radius 3 is 2.48 bits per heavy atom. The second-order valence-corrected chi connectivity index (χ2v) is 5.65. The van der Waals surface area contributed by atoms with E-state index in [-0.39, 0.29) is 6.04 Å². The van der Waals surface area contributed by atoms with Crippen LogP contribution in [-0.4, -0.2) is 13.1 Å². The molecular weight excluding hydrogens is 256 g/mol. The Bertz CT molecular complexity index is 549. The molecule has 0 saturated heterocycles. The lowest BCUT2D eigenvalue weighted by Gasteiger charge is -2.22. The number of benzene rings is 2. The fourth-order valence-electron chi connectivity index (χ4n) is 2.64. The fourth-order valence-corrected chi connectivity index (χ4v) is 2.64. The van der Waals surface area contributed by atoms with Gasteiger partial charge in [-0.1, -0.05) is 54.1 Å². The summed E-state index contributed by atoms with van der Waals surface area (Å²) in [5, 5.41) is 3.70. The molecule has 2 aromatic rings. The second kappa shape index (κ2) is 7.96. The quantitative estimate of drug-likeness (QED) is 0.760. The number of aryl methyl sites for hydroxylation is 2. The molecule has 0 radical (unpaired) electrons. The maximum Gasteiger partial charge on any atom is 0.0579 e. The van der Waals surface area contributed by atoms with Crippen LogP contribution in [0.5, 0.6) is 0 Å².